The minimum atomic E-state index is -3.04. The highest BCUT2D eigenvalue weighted by Gasteiger charge is 2.27. The van der Waals surface area contributed by atoms with Crippen LogP contribution < -0.4 is 14.8 Å². The lowest BCUT2D eigenvalue weighted by Crippen LogP contribution is -2.38. The van der Waals surface area contributed by atoms with E-state index in [-0.39, 0.29) is 17.4 Å². The van der Waals surface area contributed by atoms with E-state index in [1.165, 1.54) is 6.07 Å². The second kappa shape index (κ2) is 10.2. The van der Waals surface area contributed by atoms with Crippen LogP contribution in [0.5, 0.6) is 11.5 Å². The normalized spacial score (nSPS) is 16.6. The molecule has 1 N–H and O–H groups in total. The minimum Gasteiger partial charge on any atom is -0.492 e. The van der Waals surface area contributed by atoms with Crippen molar-refractivity contribution in [2.45, 2.75) is 32.4 Å². The van der Waals surface area contributed by atoms with Crippen LogP contribution in [-0.2, 0) is 4.74 Å². The smallest absolute Gasteiger partial charge is 0.387 e. The highest BCUT2D eigenvalue weighted by Crippen LogP contribution is 2.33. The van der Waals surface area contributed by atoms with Crippen molar-refractivity contribution in [1.29, 1.82) is 0 Å². The average molecular weight is 487 g/mol. The van der Waals surface area contributed by atoms with Crippen molar-refractivity contribution in [1.82, 2.24) is 19.6 Å². The van der Waals surface area contributed by atoms with Crippen LogP contribution in [0, 0.1) is 6.92 Å². The van der Waals surface area contributed by atoms with Gasteiger partial charge in [-0.1, -0.05) is 0 Å². The summed E-state index contributed by atoms with van der Waals surface area (Å²) in [5.41, 5.74) is 2.65. The molecule has 0 spiro atoms. The molecule has 0 atom stereocenters. The third-order valence-electron chi connectivity index (χ3n) is 6.22. The fourth-order valence-electron chi connectivity index (χ4n) is 4.25. The first-order valence-corrected chi connectivity index (χ1v) is 11.8. The highest BCUT2D eigenvalue weighted by atomic mass is 19.3. The summed E-state index contributed by atoms with van der Waals surface area (Å²) in [4.78, 5) is 19.4. The molecule has 0 unspecified atom stereocenters. The summed E-state index contributed by atoms with van der Waals surface area (Å²) in [5.74, 6) is 0.156. The maximum absolute atomic E-state index is 13.2. The molecule has 0 bridgehead atoms. The lowest BCUT2D eigenvalue weighted by atomic mass is 10.0. The molecular weight excluding hydrogens is 458 g/mol. The number of nitrogens with one attached hydrogen (secondary N) is 1. The predicted octanol–water partition coefficient (Wildman–Crippen LogP) is 3.51. The number of fused-ring (bicyclic) bond motifs is 1. The molecule has 35 heavy (non-hydrogen) atoms. The molecule has 186 valence electrons. The van der Waals surface area contributed by atoms with Gasteiger partial charge in [-0.3, -0.25) is 14.1 Å². The molecule has 8 nitrogen and oxygen atoms in total. The van der Waals surface area contributed by atoms with E-state index < -0.39 is 12.5 Å². The van der Waals surface area contributed by atoms with Gasteiger partial charge in [0.15, 0.2) is 0 Å². The van der Waals surface area contributed by atoms with Crippen LogP contribution >= 0.6 is 0 Å². The maximum Gasteiger partial charge on any atom is 0.387 e. The number of carbonyl (C=O) groups excluding carboxylic acids is 1. The first-order chi connectivity index (χ1) is 17.0. The maximum atomic E-state index is 13.2. The number of hydrogen-bond acceptors (Lipinski definition) is 6. The van der Waals surface area contributed by atoms with Gasteiger partial charge in [0.05, 0.1) is 30.7 Å². The molecule has 3 aromatic rings. The highest BCUT2D eigenvalue weighted by molar-refractivity contribution is 5.99. The number of benzene rings is 1. The lowest BCUT2D eigenvalue weighted by Gasteiger charge is -2.26. The monoisotopic (exact) mass is 486 g/mol. The number of morpholine rings is 1. The summed E-state index contributed by atoms with van der Waals surface area (Å²) in [5, 5.41) is 2.85. The molecule has 2 fully saturated rings. The van der Waals surface area contributed by atoms with Gasteiger partial charge in [-0.2, -0.15) is 8.78 Å². The minimum absolute atomic E-state index is 0.102. The molecule has 2 aliphatic rings. The Kier molecular flexibility index (Phi) is 6.83. The fourth-order valence-corrected chi connectivity index (χ4v) is 4.25. The Bertz CT molecular complexity index is 1210. The molecular formula is C25H28F2N4O4. The molecule has 3 heterocycles. The number of imidazole rings is 1. The van der Waals surface area contributed by atoms with Gasteiger partial charge in [0, 0.05) is 43.5 Å². The number of aromatic nitrogens is 2. The van der Waals surface area contributed by atoms with Crippen LogP contribution in [0.2, 0.25) is 0 Å². The fraction of sp³-hybridized carbons (Fsp3) is 0.440. The molecule has 0 radical (unpaired) electrons. The van der Waals surface area contributed by atoms with Crippen LogP contribution in [0.25, 0.3) is 16.9 Å². The van der Waals surface area contributed by atoms with Crippen molar-refractivity contribution in [3.8, 4) is 22.8 Å². The van der Waals surface area contributed by atoms with Gasteiger partial charge in [0.1, 0.15) is 23.8 Å². The Morgan fingerprint density at radius 1 is 1.26 bits per heavy atom. The van der Waals surface area contributed by atoms with Gasteiger partial charge in [0.25, 0.3) is 5.91 Å². The summed E-state index contributed by atoms with van der Waals surface area (Å²) < 4.78 is 44.2. The van der Waals surface area contributed by atoms with E-state index in [1.54, 1.807) is 19.2 Å². The number of nitrogens with zero attached hydrogens (tertiary/aromatic N) is 3. The molecule has 5 rings (SSSR count). The number of amides is 1. The zero-order chi connectivity index (χ0) is 24.4. The van der Waals surface area contributed by atoms with E-state index >= 15 is 0 Å². The van der Waals surface area contributed by atoms with Gasteiger partial charge < -0.3 is 19.5 Å². The topological polar surface area (TPSA) is 77.3 Å². The molecule has 1 aliphatic carbocycles. The molecule has 1 saturated heterocycles. The van der Waals surface area contributed by atoms with Gasteiger partial charge in [-0.15, -0.1) is 0 Å². The Balaban J connectivity index is 1.36. The summed E-state index contributed by atoms with van der Waals surface area (Å²) in [7, 11) is 0. The van der Waals surface area contributed by atoms with Gasteiger partial charge >= 0.3 is 6.61 Å². The van der Waals surface area contributed by atoms with E-state index in [9.17, 15) is 13.6 Å². The number of ether oxygens (including phenoxy) is 3. The van der Waals surface area contributed by atoms with Crippen LogP contribution in [-0.4, -0.2) is 72.3 Å². The van der Waals surface area contributed by atoms with E-state index in [4.69, 9.17) is 14.2 Å². The Morgan fingerprint density at radius 2 is 2.06 bits per heavy atom. The average Bonchev–Trinajstić information content (AvgIpc) is 3.54. The Morgan fingerprint density at radius 3 is 2.80 bits per heavy atom. The third kappa shape index (κ3) is 5.54. The largest absolute Gasteiger partial charge is 0.492 e. The van der Waals surface area contributed by atoms with Gasteiger partial charge in [0.2, 0.25) is 0 Å². The first-order valence-electron chi connectivity index (χ1n) is 11.8. The second-order valence-electron chi connectivity index (χ2n) is 8.83. The van der Waals surface area contributed by atoms with E-state index in [1.807, 2.05) is 22.7 Å². The number of carbonyl (C=O) groups is 1. The number of pyridine rings is 1. The quantitative estimate of drug-likeness (QED) is 0.499. The van der Waals surface area contributed by atoms with Crippen LogP contribution in [0.3, 0.4) is 0 Å². The van der Waals surface area contributed by atoms with Gasteiger partial charge in [-0.25, -0.2) is 4.98 Å². The number of alkyl halides is 2. The van der Waals surface area contributed by atoms with Crippen LogP contribution in [0.4, 0.5) is 8.78 Å². The summed E-state index contributed by atoms with van der Waals surface area (Å²) >= 11 is 0. The predicted molar refractivity (Wildman–Crippen MR) is 125 cm³/mol. The Hall–Kier alpha value is -3.24. The summed E-state index contributed by atoms with van der Waals surface area (Å²) in [6.07, 6.45) is 5.29. The molecule has 2 aromatic heterocycles. The first kappa shape index (κ1) is 23.5. The number of hydrogen-bond donors (Lipinski definition) is 1. The number of aryl methyl sites for hydroxylation is 1. The van der Waals surface area contributed by atoms with Crippen molar-refractivity contribution in [2.75, 3.05) is 39.5 Å². The van der Waals surface area contributed by atoms with Crippen molar-refractivity contribution in [2.24, 2.45) is 0 Å². The SMILES string of the molecule is Cc1cc(-c2cnc3cc(OCCN4CCOCC4)ccn23)cc(OC(F)F)c1C(=O)NC1CC1. The van der Waals surface area contributed by atoms with Crippen LogP contribution in [0.1, 0.15) is 28.8 Å². The second-order valence-corrected chi connectivity index (χ2v) is 8.83. The molecule has 1 aliphatic heterocycles. The summed E-state index contributed by atoms with van der Waals surface area (Å²) in [6, 6.07) is 7.04. The number of halogens is 2. The van der Waals surface area contributed by atoms with Crippen molar-refractivity contribution in [3.63, 3.8) is 0 Å². The van der Waals surface area contributed by atoms with Crippen LogP contribution in [0.15, 0.2) is 36.7 Å². The standard InChI is InChI=1S/C25H28F2N4O4/c1-16-12-17(13-21(35-25(26)27)23(16)24(32)29-18-2-3-18)20-15-28-22-14-19(4-5-31(20)22)34-11-8-30-6-9-33-10-7-30/h4-5,12-15,18,25H,2-3,6-11H2,1H3,(H,29,32). The lowest BCUT2D eigenvalue weighted by molar-refractivity contribution is -0.0501. The van der Waals surface area contributed by atoms with E-state index in [0.717, 1.165) is 45.7 Å². The number of rotatable bonds is 9. The summed E-state index contributed by atoms with van der Waals surface area (Å²) in [6.45, 7) is 3.36. The van der Waals surface area contributed by atoms with Crippen molar-refractivity contribution in [3.05, 3.63) is 47.8 Å². The van der Waals surface area contributed by atoms with Crippen molar-refractivity contribution < 1.29 is 27.8 Å². The molecule has 10 heteroatoms. The zero-order valence-corrected chi connectivity index (χ0v) is 19.5. The van der Waals surface area contributed by atoms with Gasteiger partial charge in [-0.05, 0) is 43.5 Å². The molecule has 1 saturated carbocycles. The van der Waals surface area contributed by atoms with E-state index in [0.29, 0.717) is 34.8 Å². The zero-order valence-electron chi connectivity index (χ0n) is 19.5. The van der Waals surface area contributed by atoms with E-state index in [2.05, 4.69) is 15.2 Å². The third-order valence-corrected chi connectivity index (χ3v) is 6.22. The molecule has 1 aromatic carbocycles. The van der Waals surface area contributed by atoms with Crippen molar-refractivity contribution >= 4 is 11.6 Å². The Labute approximate surface area is 201 Å². The molecule has 1 amide bonds.